The summed E-state index contributed by atoms with van der Waals surface area (Å²) >= 11 is 1.45. The maximum Gasteiger partial charge on any atom is 0.416 e. The topological polar surface area (TPSA) is 69.0 Å². The molecule has 1 aliphatic heterocycles. The molecule has 0 radical (unpaired) electrons. The van der Waals surface area contributed by atoms with Gasteiger partial charge in [-0.05, 0) is 37.1 Å². The zero-order valence-electron chi connectivity index (χ0n) is 16.9. The highest BCUT2D eigenvalue weighted by atomic mass is 32.1. The monoisotopic (exact) mass is 456 g/mol. The molecule has 1 N–H and O–H groups in total. The van der Waals surface area contributed by atoms with E-state index in [1.54, 1.807) is 4.90 Å². The highest BCUT2D eigenvalue weighted by Crippen LogP contribution is 2.38. The van der Waals surface area contributed by atoms with Crippen molar-refractivity contribution in [2.24, 2.45) is 0 Å². The van der Waals surface area contributed by atoms with E-state index in [1.807, 2.05) is 35.7 Å². The van der Waals surface area contributed by atoms with Crippen molar-refractivity contribution in [3.05, 3.63) is 70.5 Å². The molecule has 0 bridgehead atoms. The number of rotatable bonds is 3. The molecule has 1 saturated heterocycles. The molecule has 4 rings (SSSR count). The normalized spacial score (nSPS) is 15.8. The number of halogens is 3. The van der Waals surface area contributed by atoms with Crippen molar-refractivity contribution in [1.82, 2.24) is 9.88 Å². The first-order valence-corrected chi connectivity index (χ1v) is 10.8. The number of hydrogen-bond donors (Lipinski definition) is 1. The Morgan fingerprint density at radius 3 is 2.34 bits per heavy atom. The minimum absolute atomic E-state index is 0.285. The third kappa shape index (κ3) is 4.46. The van der Waals surface area contributed by atoms with Crippen LogP contribution in [0, 0.1) is 11.3 Å². The number of anilines is 1. The first-order valence-electron chi connectivity index (χ1n) is 9.97. The van der Waals surface area contributed by atoms with Gasteiger partial charge in [0.15, 0.2) is 0 Å². The molecule has 0 aliphatic carbocycles. The van der Waals surface area contributed by atoms with Crippen LogP contribution >= 0.6 is 11.3 Å². The van der Waals surface area contributed by atoms with Gasteiger partial charge in [0.2, 0.25) is 0 Å². The molecular formula is C23H19F3N4OS. The Morgan fingerprint density at radius 1 is 1.09 bits per heavy atom. The standard InChI is InChI=1S/C23H19F3N4OS/c24-23(25,26)17-6-8-18(9-7-17)28-21(31)30-12-10-22(15-27,11-13-30)20-29-19(14-32-20)16-4-2-1-3-5-16/h1-9,14H,10-13H2,(H,28,31). The lowest BCUT2D eigenvalue weighted by Crippen LogP contribution is -2.46. The Bertz CT molecular complexity index is 1130. The summed E-state index contributed by atoms with van der Waals surface area (Å²) in [5, 5.41) is 15.2. The van der Waals surface area contributed by atoms with Crippen LogP contribution < -0.4 is 5.32 Å². The van der Waals surface area contributed by atoms with Crippen molar-refractivity contribution in [3.8, 4) is 17.3 Å². The molecule has 0 saturated carbocycles. The number of nitrogens with one attached hydrogen (secondary N) is 1. The molecule has 32 heavy (non-hydrogen) atoms. The van der Waals surface area contributed by atoms with Gasteiger partial charge in [0, 0.05) is 29.7 Å². The van der Waals surface area contributed by atoms with E-state index >= 15 is 0 Å². The number of nitriles is 1. The molecular weight excluding hydrogens is 437 g/mol. The summed E-state index contributed by atoms with van der Waals surface area (Å²) in [7, 11) is 0. The number of carbonyl (C=O) groups excluding carboxylic acids is 1. The minimum Gasteiger partial charge on any atom is -0.324 e. The Hall–Kier alpha value is -3.38. The fraction of sp³-hybridized carbons (Fsp3) is 0.261. The minimum atomic E-state index is -4.42. The van der Waals surface area contributed by atoms with Crippen LogP contribution in [0.15, 0.2) is 60.0 Å². The maximum absolute atomic E-state index is 12.7. The molecule has 164 valence electrons. The fourth-order valence-corrected chi connectivity index (χ4v) is 4.68. The van der Waals surface area contributed by atoms with E-state index in [4.69, 9.17) is 4.98 Å². The number of amides is 2. The van der Waals surface area contributed by atoms with Crippen LogP contribution in [0.2, 0.25) is 0 Å². The molecule has 5 nitrogen and oxygen atoms in total. The van der Waals surface area contributed by atoms with Gasteiger partial charge in [0.1, 0.15) is 10.4 Å². The Kier molecular flexibility index (Phi) is 5.89. The number of aromatic nitrogens is 1. The lowest BCUT2D eigenvalue weighted by molar-refractivity contribution is -0.137. The van der Waals surface area contributed by atoms with Gasteiger partial charge in [-0.3, -0.25) is 0 Å². The smallest absolute Gasteiger partial charge is 0.324 e. The number of carbonyl (C=O) groups is 1. The zero-order chi connectivity index (χ0) is 22.8. The molecule has 2 aromatic carbocycles. The van der Waals surface area contributed by atoms with E-state index in [2.05, 4.69) is 11.4 Å². The lowest BCUT2D eigenvalue weighted by atomic mass is 9.80. The van der Waals surface area contributed by atoms with Crippen molar-refractivity contribution in [2.45, 2.75) is 24.4 Å². The van der Waals surface area contributed by atoms with E-state index in [0.29, 0.717) is 25.9 Å². The molecule has 3 aromatic rings. The summed E-state index contributed by atoms with van der Waals surface area (Å²) in [4.78, 5) is 18.8. The van der Waals surface area contributed by atoms with Gasteiger partial charge in [-0.2, -0.15) is 18.4 Å². The molecule has 2 amide bonds. The van der Waals surface area contributed by atoms with E-state index in [-0.39, 0.29) is 5.69 Å². The summed E-state index contributed by atoms with van der Waals surface area (Å²) in [6.45, 7) is 0.695. The van der Waals surface area contributed by atoms with Gasteiger partial charge in [-0.15, -0.1) is 11.3 Å². The summed E-state index contributed by atoms with van der Waals surface area (Å²) < 4.78 is 38.1. The Labute approximate surface area is 187 Å². The molecule has 0 spiro atoms. The van der Waals surface area contributed by atoms with Crippen molar-refractivity contribution in [2.75, 3.05) is 18.4 Å². The van der Waals surface area contributed by atoms with Crippen molar-refractivity contribution < 1.29 is 18.0 Å². The molecule has 1 fully saturated rings. The van der Waals surface area contributed by atoms with Crippen molar-refractivity contribution in [3.63, 3.8) is 0 Å². The fourth-order valence-electron chi connectivity index (χ4n) is 3.65. The third-order valence-electron chi connectivity index (χ3n) is 5.56. The van der Waals surface area contributed by atoms with Crippen LogP contribution in [-0.2, 0) is 11.6 Å². The zero-order valence-corrected chi connectivity index (χ0v) is 17.7. The SMILES string of the molecule is N#CC1(c2nc(-c3ccccc3)cs2)CCN(C(=O)Nc2ccc(C(F)(F)F)cc2)CC1. The van der Waals surface area contributed by atoms with Gasteiger partial charge in [-0.1, -0.05) is 30.3 Å². The summed E-state index contributed by atoms with van der Waals surface area (Å²) in [6.07, 6.45) is -3.55. The lowest BCUT2D eigenvalue weighted by Gasteiger charge is -2.36. The average molecular weight is 456 g/mol. The average Bonchev–Trinajstić information content (AvgIpc) is 3.30. The largest absolute Gasteiger partial charge is 0.416 e. The highest BCUT2D eigenvalue weighted by Gasteiger charge is 2.40. The number of hydrogen-bond acceptors (Lipinski definition) is 4. The molecule has 9 heteroatoms. The number of urea groups is 1. The molecule has 1 aliphatic rings. The van der Waals surface area contributed by atoms with E-state index in [1.165, 1.54) is 23.5 Å². The first kappa shape index (κ1) is 21.8. The van der Waals surface area contributed by atoms with Gasteiger partial charge < -0.3 is 10.2 Å². The van der Waals surface area contributed by atoms with Gasteiger partial charge in [-0.25, -0.2) is 9.78 Å². The van der Waals surface area contributed by atoms with Crippen LogP contribution in [0.25, 0.3) is 11.3 Å². The van der Waals surface area contributed by atoms with E-state index in [0.717, 1.165) is 28.4 Å². The van der Waals surface area contributed by atoms with Crippen LogP contribution in [-0.4, -0.2) is 29.0 Å². The van der Waals surface area contributed by atoms with Crippen LogP contribution in [0.3, 0.4) is 0 Å². The molecule has 0 atom stereocenters. The predicted octanol–water partition coefficient (Wildman–Crippen LogP) is 5.92. The third-order valence-corrected chi connectivity index (χ3v) is 6.61. The quantitative estimate of drug-likeness (QED) is 0.532. The van der Waals surface area contributed by atoms with E-state index in [9.17, 15) is 23.2 Å². The first-order chi connectivity index (χ1) is 15.3. The van der Waals surface area contributed by atoms with Gasteiger partial charge in [0.25, 0.3) is 0 Å². The second kappa shape index (κ2) is 8.63. The number of nitrogens with zero attached hydrogens (tertiary/aromatic N) is 3. The van der Waals surface area contributed by atoms with Crippen LogP contribution in [0.1, 0.15) is 23.4 Å². The van der Waals surface area contributed by atoms with Gasteiger partial charge >= 0.3 is 12.2 Å². The van der Waals surface area contributed by atoms with E-state index < -0.39 is 23.2 Å². The summed E-state index contributed by atoms with van der Waals surface area (Å²) in [6, 6.07) is 16.0. The summed E-state index contributed by atoms with van der Waals surface area (Å²) in [5.41, 5.74) is 0.556. The molecule has 2 heterocycles. The second-order valence-electron chi connectivity index (χ2n) is 7.59. The predicted molar refractivity (Wildman–Crippen MR) is 116 cm³/mol. The Balaban J connectivity index is 1.41. The number of benzene rings is 2. The highest BCUT2D eigenvalue weighted by molar-refractivity contribution is 7.10. The number of piperidine rings is 1. The second-order valence-corrected chi connectivity index (χ2v) is 8.45. The Morgan fingerprint density at radius 2 is 1.75 bits per heavy atom. The van der Waals surface area contributed by atoms with Crippen LogP contribution in [0.5, 0.6) is 0 Å². The molecule has 1 aromatic heterocycles. The molecule has 0 unspecified atom stereocenters. The number of likely N-dealkylation sites (tertiary alicyclic amines) is 1. The number of alkyl halides is 3. The summed E-state index contributed by atoms with van der Waals surface area (Å²) in [5.74, 6) is 0. The van der Waals surface area contributed by atoms with Crippen molar-refractivity contribution in [1.29, 1.82) is 5.26 Å². The maximum atomic E-state index is 12.7. The van der Waals surface area contributed by atoms with Gasteiger partial charge in [0.05, 0.1) is 17.3 Å². The van der Waals surface area contributed by atoms with Crippen molar-refractivity contribution >= 4 is 23.1 Å². The van der Waals surface area contributed by atoms with Crippen LogP contribution in [0.4, 0.5) is 23.7 Å². The number of thiazole rings is 1.